The summed E-state index contributed by atoms with van der Waals surface area (Å²) in [7, 11) is 0. The second-order valence-corrected chi connectivity index (χ2v) is 5.89. The van der Waals surface area contributed by atoms with Crippen molar-refractivity contribution in [3.8, 4) is 0 Å². The lowest BCUT2D eigenvalue weighted by Crippen LogP contribution is -2.51. The normalized spacial score (nSPS) is 20.7. The van der Waals surface area contributed by atoms with Crippen molar-refractivity contribution in [2.75, 3.05) is 18.4 Å². The molecule has 1 aromatic carbocycles. The van der Waals surface area contributed by atoms with Crippen molar-refractivity contribution in [1.82, 2.24) is 10.6 Å². The zero-order valence-electron chi connectivity index (χ0n) is 13.4. The lowest BCUT2D eigenvalue weighted by atomic mass is 10.00. The number of anilines is 1. The van der Waals surface area contributed by atoms with Gasteiger partial charge in [0.2, 0.25) is 5.91 Å². The van der Waals surface area contributed by atoms with Crippen LogP contribution < -0.4 is 16.0 Å². The Morgan fingerprint density at radius 1 is 1.39 bits per heavy atom. The van der Waals surface area contributed by atoms with Gasteiger partial charge in [-0.15, -0.1) is 0 Å². The van der Waals surface area contributed by atoms with Crippen molar-refractivity contribution in [1.29, 1.82) is 0 Å². The van der Waals surface area contributed by atoms with E-state index < -0.39 is 4.92 Å². The average Bonchev–Trinajstić information content (AvgIpc) is 2.54. The lowest BCUT2D eigenvalue weighted by Gasteiger charge is -2.30. The van der Waals surface area contributed by atoms with Crippen LogP contribution in [0.4, 0.5) is 11.4 Å². The number of carbonyl (C=O) groups excluding carboxylic acids is 1. The summed E-state index contributed by atoms with van der Waals surface area (Å²) in [6.45, 7) is 3.77. The van der Waals surface area contributed by atoms with Gasteiger partial charge in [-0.05, 0) is 44.9 Å². The van der Waals surface area contributed by atoms with Gasteiger partial charge in [-0.1, -0.05) is 0 Å². The van der Waals surface area contributed by atoms with Gasteiger partial charge in [0, 0.05) is 42.9 Å². The van der Waals surface area contributed by atoms with Gasteiger partial charge in [0.05, 0.1) is 4.92 Å². The second kappa shape index (κ2) is 8.47. The van der Waals surface area contributed by atoms with Gasteiger partial charge in [0.25, 0.3) is 5.69 Å². The molecule has 1 amide bonds. The topological polar surface area (TPSA) is 96.3 Å². The Morgan fingerprint density at radius 3 is 2.78 bits per heavy atom. The SMILES string of the molecule is CC1NCCCC1NC(=O)CCCNc1ccc([N+](=O)[O-])cc1. The number of nitrogens with one attached hydrogen (secondary N) is 3. The lowest BCUT2D eigenvalue weighted by molar-refractivity contribution is -0.384. The summed E-state index contributed by atoms with van der Waals surface area (Å²) in [5, 5.41) is 20.2. The van der Waals surface area contributed by atoms with E-state index >= 15 is 0 Å². The molecule has 2 rings (SSSR count). The molecule has 0 saturated carbocycles. The zero-order valence-corrected chi connectivity index (χ0v) is 13.4. The summed E-state index contributed by atoms with van der Waals surface area (Å²) < 4.78 is 0. The summed E-state index contributed by atoms with van der Waals surface area (Å²) in [5.41, 5.74) is 0.895. The molecule has 126 valence electrons. The Kier molecular flexibility index (Phi) is 6.34. The molecule has 2 unspecified atom stereocenters. The third kappa shape index (κ3) is 5.52. The molecule has 1 aliphatic rings. The van der Waals surface area contributed by atoms with Crippen LogP contribution in [0.5, 0.6) is 0 Å². The third-order valence-electron chi connectivity index (χ3n) is 4.10. The quantitative estimate of drug-likeness (QED) is 0.406. The first-order valence-corrected chi connectivity index (χ1v) is 8.07. The summed E-state index contributed by atoms with van der Waals surface area (Å²) in [4.78, 5) is 22.1. The highest BCUT2D eigenvalue weighted by atomic mass is 16.6. The Labute approximate surface area is 136 Å². The molecule has 1 fully saturated rings. The standard InChI is InChI=1S/C16H24N4O3/c1-12-15(4-2-10-17-12)19-16(21)5-3-11-18-13-6-8-14(9-7-13)20(22)23/h6-9,12,15,17-18H,2-5,10-11H2,1H3,(H,19,21). The van der Waals surface area contributed by atoms with Crippen LogP contribution in [0, 0.1) is 10.1 Å². The molecule has 0 bridgehead atoms. The fourth-order valence-electron chi connectivity index (χ4n) is 2.70. The second-order valence-electron chi connectivity index (χ2n) is 5.89. The average molecular weight is 320 g/mol. The van der Waals surface area contributed by atoms with Crippen LogP contribution >= 0.6 is 0 Å². The van der Waals surface area contributed by atoms with Crippen molar-refractivity contribution in [3.05, 3.63) is 34.4 Å². The molecule has 0 spiro atoms. The predicted octanol–water partition coefficient (Wildman–Crippen LogP) is 2.04. The first-order chi connectivity index (χ1) is 11.1. The van der Waals surface area contributed by atoms with Crippen LogP contribution in [0.25, 0.3) is 0 Å². The van der Waals surface area contributed by atoms with Crippen molar-refractivity contribution >= 4 is 17.3 Å². The smallest absolute Gasteiger partial charge is 0.269 e. The number of non-ortho nitro benzene ring substituents is 1. The van der Waals surface area contributed by atoms with E-state index in [9.17, 15) is 14.9 Å². The number of piperidine rings is 1. The van der Waals surface area contributed by atoms with Crippen LogP contribution in [-0.2, 0) is 4.79 Å². The molecule has 1 heterocycles. The Hall–Kier alpha value is -2.15. The zero-order chi connectivity index (χ0) is 16.7. The largest absolute Gasteiger partial charge is 0.385 e. The Balaban J connectivity index is 1.64. The first-order valence-electron chi connectivity index (χ1n) is 8.07. The van der Waals surface area contributed by atoms with E-state index in [0.29, 0.717) is 19.0 Å². The number of hydrogen-bond donors (Lipinski definition) is 3. The minimum Gasteiger partial charge on any atom is -0.385 e. The first kappa shape index (κ1) is 17.2. The molecule has 7 nitrogen and oxygen atoms in total. The number of amides is 1. The van der Waals surface area contributed by atoms with Gasteiger partial charge in [-0.25, -0.2) is 0 Å². The molecular formula is C16H24N4O3. The van der Waals surface area contributed by atoms with Gasteiger partial charge in [-0.2, -0.15) is 0 Å². The fraction of sp³-hybridized carbons (Fsp3) is 0.562. The van der Waals surface area contributed by atoms with Crippen molar-refractivity contribution in [2.45, 2.75) is 44.7 Å². The molecule has 0 aromatic heterocycles. The van der Waals surface area contributed by atoms with Crippen LogP contribution in [0.2, 0.25) is 0 Å². The highest BCUT2D eigenvalue weighted by Crippen LogP contribution is 2.15. The number of benzene rings is 1. The Morgan fingerprint density at radius 2 is 2.13 bits per heavy atom. The Bertz CT molecular complexity index is 533. The van der Waals surface area contributed by atoms with Gasteiger partial charge in [-0.3, -0.25) is 14.9 Å². The van der Waals surface area contributed by atoms with Gasteiger partial charge in [0.1, 0.15) is 0 Å². The molecule has 1 saturated heterocycles. The number of nitro benzene ring substituents is 1. The molecular weight excluding hydrogens is 296 g/mol. The van der Waals surface area contributed by atoms with Crippen molar-refractivity contribution < 1.29 is 9.72 Å². The minimum absolute atomic E-state index is 0.0742. The highest BCUT2D eigenvalue weighted by molar-refractivity contribution is 5.76. The van der Waals surface area contributed by atoms with Gasteiger partial charge < -0.3 is 16.0 Å². The summed E-state index contributed by atoms with van der Waals surface area (Å²) in [6.07, 6.45) is 3.32. The predicted molar refractivity (Wildman–Crippen MR) is 89.4 cm³/mol. The molecule has 7 heteroatoms. The highest BCUT2D eigenvalue weighted by Gasteiger charge is 2.21. The van der Waals surface area contributed by atoms with E-state index in [1.54, 1.807) is 12.1 Å². The summed E-state index contributed by atoms with van der Waals surface area (Å²) in [5.74, 6) is 0.0797. The van der Waals surface area contributed by atoms with Crippen molar-refractivity contribution in [3.63, 3.8) is 0 Å². The number of nitrogens with zero attached hydrogens (tertiary/aromatic N) is 1. The monoisotopic (exact) mass is 320 g/mol. The number of carbonyl (C=O) groups is 1. The molecule has 23 heavy (non-hydrogen) atoms. The molecule has 3 N–H and O–H groups in total. The fourth-order valence-corrected chi connectivity index (χ4v) is 2.70. The minimum atomic E-state index is -0.421. The molecule has 2 atom stereocenters. The maximum absolute atomic E-state index is 11.9. The van der Waals surface area contributed by atoms with Crippen LogP contribution in [0.3, 0.4) is 0 Å². The van der Waals surface area contributed by atoms with E-state index in [0.717, 1.165) is 31.5 Å². The van der Waals surface area contributed by atoms with E-state index in [2.05, 4.69) is 22.9 Å². The molecule has 0 radical (unpaired) electrons. The molecule has 0 aliphatic carbocycles. The van der Waals surface area contributed by atoms with E-state index in [1.165, 1.54) is 12.1 Å². The van der Waals surface area contributed by atoms with Crippen LogP contribution in [-0.4, -0.2) is 36.0 Å². The summed E-state index contributed by atoms with van der Waals surface area (Å²) >= 11 is 0. The van der Waals surface area contributed by atoms with Crippen molar-refractivity contribution in [2.24, 2.45) is 0 Å². The molecule has 1 aromatic rings. The van der Waals surface area contributed by atoms with Gasteiger partial charge in [0.15, 0.2) is 0 Å². The van der Waals surface area contributed by atoms with Crippen LogP contribution in [0.1, 0.15) is 32.6 Å². The number of hydrogen-bond acceptors (Lipinski definition) is 5. The maximum Gasteiger partial charge on any atom is 0.269 e. The summed E-state index contributed by atoms with van der Waals surface area (Å²) in [6, 6.07) is 6.82. The van der Waals surface area contributed by atoms with E-state index in [4.69, 9.17) is 0 Å². The van der Waals surface area contributed by atoms with Gasteiger partial charge >= 0.3 is 0 Å². The van der Waals surface area contributed by atoms with E-state index in [1.807, 2.05) is 0 Å². The third-order valence-corrected chi connectivity index (χ3v) is 4.10. The number of nitro groups is 1. The number of rotatable bonds is 7. The maximum atomic E-state index is 11.9. The molecule has 1 aliphatic heterocycles. The van der Waals surface area contributed by atoms with E-state index in [-0.39, 0.29) is 17.6 Å². The van der Waals surface area contributed by atoms with Crippen LogP contribution in [0.15, 0.2) is 24.3 Å².